The summed E-state index contributed by atoms with van der Waals surface area (Å²) in [7, 11) is 0. The molecule has 132 valence electrons. The lowest BCUT2D eigenvalue weighted by Crippen LogP contribution is -2.11. The van der Waals surface area contributed by atoms with Gasteiger partial charge in [-0.15, -0.1) is 0 Å². The molecule has 0 saturated carbocycles. The highest BCUT2D eigenvalue weighted by atomic mass is 16.7. The molecule has 4 rings (SSSR count). The third-order valence-corrected chi connectivity index (χ3v) is 4.27. The smallest absolute Gasteiger partial charge is 0.231 e. The van der Waals surface area contributed by atoms with Gasteiger partial charge in [-0.2, -0.15) is 5.26 Å². The van der Waals surface area contributed by atoms with Crippen molar-refractivity contribution in [3.63, 3.8) is 0 Å². The van der Waals surface area contributed by atoms with Gasteiger partial charge in [-0.3, -0.25) is 4.79 Å². The zero-order chi connectivity index (χ0) is 18.6. The van der Waals surface area contributed by atoms with Crippen molar-refractivity contribution in [3.05, 3.63) is 77.9 Å². The number of ketones is 1. The Kier molecular flexibility index (Phi) is 4.46. The molecule has 0 aliphatic carbocycles. The summed E-state index contributed by atoms with van der Waals surface area (Å²) in [6.45, 7) is 0.116. The van der Waals surface area contributed by atoms with Crippen LogP contribution in [0.4, 0.5) is 0 Å². The highest BCUT2D eigenvalue weighted by Crippen LogP contribution is 2.32. The summed E-state index contributed by atoms with van der Waals surface area (Å²) in [6.07, 6.45) is 0. The summed E-state index contributed by atoms with van der Waals surface area (Å²) in [4.78, 5) is 12.3. The van der Waals surface area contributed by atoms with Gasteiger partial charge in [0, 0.05) is 5.56 Å². The van der Waals surface area contributed by atoms with Crippen LogP contribution in [0.1, 0.15) is 15.9 Å². The van der Waals surface area contributed by atoms with E-state index in [0.717, 1.165) is 11.1 Å². The Balaban J connectivity index is 1.39. The molecule has 3 aromatic carbocycles. The van der Waals surface area contributed by atoms with Crippen molar-refractivity contribution in [2.45, 2.75) is 0 Å². The van der Waals surface area contributed by atoms with Crippen molar-refractivity contribution in [1.82, 2.24) is 0 Å². The first-order valence-electron chi connectivity index (χ1n) is 8.39. The van der Waals surface area contributed by atoms with E-state index in [1.807, 2.05) is 36.4 Å². The molecule has 0 fully saturated rings. The number of nitriles is 1. The van der Waals surface area contributed by atoms with E-state index in [9.17, 15) is 4.79 Å². The van der Waals surface area contributed by atoms with E-state index in [2.05, 4.69) is 6.07 Å². The summed E-state index contributed by atoms with van der Waals surface area (Å²) in [5.41, 5.74) is 3.17. The second-order valence-electron chi connectivity index (χ2n) is 5.99. The van der Waals surface area contributed by atoms with Crippen molar-refractivity contribution >= 4 is 5.78 Å². The van der Waals surface area contributed by atoms with Crippen LogP contribution in [0.25, 0.3) is 11.1 Å². The largest absolute Gasteiger partial charge is 0.485 e. The van der Waals surface area contributed by atoms with Gasteiger partial charge in [-0.05, 0) is 53.6 Å². The maximum Gasteiger partial charge on any atom is 0.231 e. The molecule has 1 heterocycles. The van der Waals surface area contributed by atoms with Crippen LogP contribution in [0.3, 0.4) is 0 Å². The number of Topliss-reactive ketones (excluding diaryl/α,β-unsaturated/α-hetero) is 1. The number of ether oxygens (including phenoxy) is 3. The van der Waals surface area contributed by atoms with E-state index in [4.69, 9.17) is 19.5 Å². The van der Waals surface area contributed by atoms with Crippen LogP contribution in [0.2, 0.25) is 0 Å². The highest BCUT2D eigenvalue weighted by Gasteiger charge is 2.16. The molecular weight excluding hydrogens is 342 g/mol. The van der Waals surface area contributed by atoms with Crippen molar-refractivity contribution in [2.75, 3.05) is 13.4 Å². The molecule has 3 aromatic rings. The molecule has 5 heteroatoms. The third-order valence-electron chi connectivity index (χ3n) is 4.27. The van der Waals surface area contributed by atoms with Crippen LogP contribution >= 0.6 is 0 Å². The summed E-state index contributed by atoms with van der Waals surface area (Å²) >= 11 is 0. The van der Waals surface area contributed by atoms with Gasteiger partial charge in [-0.1, -0.05) is 24.3 Å². The molecule has 0 atom stereocenters. The molecule has 0 aromatic heterocycles. The second-order valence-corrected chi connectivity index (χ2v) is 5.99. The first kappa shape index (κ1) is 16.7. The van der Waals surface area contributed by atoms with E-state index in [1.165, 1.54) is 0 Å². The molecule has 0 amide bonds. The first-order valence-corrected chi connectivity index (χ1v) is 8.39. The topological polar surface area (TPSA) is 68.5 Å². The van der Waals surface area contributed by atoms with E-state index in [-0.39, 0.29) is 19.2 Å². The Morgan fingerprint density at radius 1 is 0.926 bits per heavy atom. The number of nitrogens with zero attached hydrogens (tertiary/aromatic N) is 1. The van der Waals surface area contributed by atoms with Gasteiger partial charge in [0.15, 0.2) is 23.9 Å². The van der Waals surface area contributed by atoms with Crippen LogP contribution in [0.5, 0.6) is 17.2 Å². The quantitative estimate of drug-likeness (QED) is 0.640. The SMILES string of the molecule is N#Cc1ccc(-c2ccc(OCC(=O)c3ccc4c(c3)OCO4)cc2)cc1. The molecule has 5 nitrogen and oxygen atoms in total. The van der Waals surface area contributed by atoms with Crippen LogP contribution in [-0.2, 0) is 0 Å². The molecule has 0 saturated heterocycles. The van der Waals surface area contributed by atoms with Gasteiger partial charge in [-0.25, -0.2) is 0 Å². The molecule has 1 aliphatic heterocycles. The molecular formula is C22H15NO4. The van der Waals surface area contributed by atoms with E-state index < -0.39 is 0 Å². The number of fused-ring (bicyclic) bond motifs is 1. The Labute approximate surface area is 156 Å². The lowest BCUT2D eigenvalue weighted by molar-refractivity contribution is 0.0921. The average Bonchev–Trinajstić information content (AvgIpc) is 3.20. The second kappa shape index (κ2) is 7.22. The number of rotatable bonds is 5. The van der Waals surface area contributed by atoms with Gasteiger partial charge in [0.2, 0.25) is 6.79 Å². The number of hydrogen-bond acceptors (Lipinski definition) is 5. The molecule has 0 bridgehead atoms. The Bertz CT molecular complexity index is 1020. The van der Waals surface area contributed by atoms with Crippen LogP contribution in [-0.4, -0.2) is 19.2 Å². The minimum absolute atomic E-state index is 0.0597. The minimum Gasteiger partial charge on any atom is -0.485 e. The summed E-state index contributed by atoms with van der Waals surface area (Å²) in [6, 6.07) is 22.0. The number of benzene rings is 3. The summed E-state index contributed by atoms with van der Waals surface area (Å²) in [5, 5.41) is 8.86. The van der Waals surface area contributed by atoms with Gasteiger partial charge in [0.25, 0.3) is 0 Å². The maximum atomic E-state index is 12.3. The highest BCUT2D eigenvalue weighted by molar-refractivity contribution is 5.97. The summed E-state index contributed by atoms with van der Waals surface area (Å²) < 4.78 is 16.1. The number of carbonyl (C=O) groups is 1. The van der Waals surface area contributed by atoms with Crippen molar-refractivity contribution in [3.8, 4) is 34.4 Å². The Morgan fingerprint density at radius 3 is 2.30 bits per heavy atom. The van der Waals surface area contributed by atoms with Gasteiger partial charge >= 0.3 is 0 Å². The van der Waals surface area contributed by atoms with Crippen LogP contribution < -0.4 is 14.2 Å². The first-order chi connectivity index (χ1) is 13.2. The maximum absolute atomic E-state index is 12.3. The fourth-order valence-corrected chi connectivity index (χ4v) is 2.78. The Morgan fingerprint density at radius 2 is 1.59 bits per heavy atom. The predicted molar refractivity (Wildman–Crippen MR) is 99.0 cm³/mol. The van der Waals surface area contributed by atoms with Crippen LogP contribution in [0, 0.1) is 11.3 Å². The Hall–Kier alpha value is -3.78. The molecule has 0 unspecified atom stereocenters. The molecule has 0 radical (unpaired) electrons. The summed E-state index contributed by atoms with van der Waals surface area (Å²) in [5.74, 6) is 1.70. The van der Waals surface area contributed by atoms with Gasteiger partial charge < -0.3 is 14.2 Å². The van der Waals surface area contributed by atoms with E-state index in [1.54, 1.807) is 30.3 Å². The minimum atomic E-state index is -0.135. The normalized spacial score (nSPS) is 11.7. The monoisotopic (exact) mass is 357 g/mol. The van der Waals surface area contributed by atoms with E-state index in [0.29, 0.717) is 28.4 Å². The average molecular weight is 357 g/mol. The van der Waals surface area contributed by atoms with Gasteiger partial charge in [0.1, 0.15) is 5.75 Å². The third kappa shape index (κ3) is 3.60. The standard InChI is InChI=1S/C22H15NO4/c23-12-15-1-3-16(4-2-15)17-5-8-19(9-6-17)25-13-20(24)18-7-10-21-22(11-18)27-14-26-21/h1-11H,13-14H2. The molecule has 1 aliphatic rings. The fraction of sp³-hybridized carbons (Fsp3) is 0.0909. The predicted octanol–water partition coefficient (Wildman–Crippen LogP) is 4.22. The number of hydrogen-bond donors (Lipinski definition) is 0. The lowest BCUT2D eigenvalue weighted by Gasteiger charge is -2.08. The molecule has 27 heavy (non-hydrogen) atoms. The lowest BCUT2D eigenvalue weighted by atomic mass is 10.0. The van der Waals surface area contributed by atoms with Crippen LogP contribution in [0.15, 0.2) is 66.7 Å². The van der Waals surface area contributed by atoms with Gasteiger partial charge in [0.05, 0.1) is 11.6 Å². The van der Waals surface area contributed by atoms with Crippen molar-refractivity contribution < 1.29 is 19.0 Å². The van der Waals surface area contributed by atoms with Crippen molar-refractivity contribution in [1.29, 1.82) is 5.26 Å². The molecule has 0 N–H and O–H groups in total. The zero-order valence-corrected chi connectivity index (χ0v) is 14.3. The zero-order valence-electron chi connectivity index (χ0n) is 14.3. The molecule has 0 spiro atoms. The number of carbonyl (C=O) groups excluding carboxylic acids is 1. The van der Waals surface area contributed by atoms with Crippen molar-refractivity contribution in [2.24, 2.45) is 0 Å². The fourth-order valence-electron chi connectivity index (χ4n) is 2.78. The van der Waals surface area contributed by atoms with E-state index >= 15 is 0 Å².